The van der Waals surface area contributed by atoms with Gasteiger partial charge in [-0.1, -0.05) is 6.07 Å². The molecule has 1 aromatic heterocycles. The number of fused-ring (bicyclic) bond motifs is 1. The predicted octanol–water partition coefficient (Wildman–Crippen LogP) is 4.21. The second kappa shape index (κ2) is 9.54. The van der Waals surface area contributed by atoms with Gasteiger partial charge >= 0.3 is 0 Å². The van der Waals surface area contributed by atoms with Crippen molar-refractivity contribution in [1.82, 2.24) is 15.3 Å². The van der Waals surface area contributed by atoms with Gasteiger partial charge in [-0.25, -0.2) is 14.4 Å². The van der Waals surface area contributed by atoms with Crippen LogP contribution >= 0.6 is 0 Å². The van der Waals surface area contributed by atoms with Crippen LogP contribution in [0.1, 0.15) is 52.8 Å². The van der Waals surface area contributed by atoms with Gasteiger partial charge in [0.05, 0.1) is 6.61 Å². The number of amides is 1. The molecule has 1 aliphatic carbocycles. The van der Waals surface area contributed by atoms with E-state index in [-0.39, 0.29) is 11.7 Å². The second-order valence-electron chi connectivity index (χ2n) is 8.44. The molecule has 0 radical (unpaired) electrons. The Hall–Kier alpha value is -3.52. The van der Waals surface area contributed by atoms with Gasteiger partial charge in [0.25, 0.3) is 5.91 Å². The number of rotatable bonds is 9. The summed E-state index contributed by atoms with van der Waals surface area (Å²) in [4.78, 5) is 24.7. The van der Waals surface area contributed by atoms with Gasteiger partial charge in [-0.05, 0) is 61.6 Å². The molecule has 2 aliphatic rings. The molecule has 1 aliphatic heterocycles. The number of imidazole rings is 1. The van der Waals surface area contributed by atoms with Crippen LogP contribution in [-0.4, -0.2) is 34.9 Å². The summed E-state index contributed by atoms with van der Waals surface area (Å²) in [6.45, 7) is 1.21. The quantitative estimate of drug-likeness (QED) is 0.429. The molecule has 2 aromatic carbocycles. The number of halogens is 1. The maximum Gasteiger partial charge on any atom is 0.251 e. The number of hydrogen-bond donors (Lipinski definition) is 3. The van der Waals surface area contributed by atoms with E-state index in [9.17, 15) is 9.18 Å². The summed E-state index contributed by atoms with van der Waals surface area (Å²) in [5.74, 6) is 1.66. The van der Waals surface area contributed by atoms with Crippen molar-refractivity contribution in [3.8, 4) is 0 Å². The predicted molar refractivity (Wildman–Crippen MR) is 124 cm³/mol. The fraction of sp³-hybridized carbons (Fsp3) is 0.320. The van der Waals surface area contributed by atoms with Crippen molar-refractivity contribution < 1.29 is 13.9 Å². The van der Waals surface area contributed by atoms with E-state index in [0.29, 0.717) is 30.5 Å². The van der Waals surface area contributed by atoms with Crippen molar-refractivity contribution in [1.29, 1.82) is 0 Å². The number of carbonyl (C=O) groups is 1. The molecule has 170 valence electrons. The molecule has 33 heavy (non-hydrogen) atoms. The molecule has 8 heteroatoms. The first-order valence-electron chi connectivity index (χ1n) is 11.3. The molecular formula is C25H26FN5O2. The minimum Gasteiger partial charge on any atom is -0.352 e. The molecule has 0 spiro atoms. The van der Waals surface area contributed by atoms with Crippen LogP contribution < -0.4 is 10.6 Å². The highest BCUT2D eigenvalue weighted by molar-refractivity contribution is 6.10. The van der Waals surface area contributed by atoms with Gasteiger partial charge in [-0.2, -0.15) is 0 Å². The van der Waals surface area contributed by atoms with Crippen molar-refractivity contribution in [3.05, 3.63) is 83.2 Å². The summed E-state index contributed by atoms with van der Waals surface area (Å²) < 4.78 is 19.5. The van der Waals surface area contributed by atoms with Crippen LogP contribution in [-0.2, 0) is 11.2 Å². The Kier molecular flexibility index (Phi) is 6.17. The van der Waals surface area contributed by atoms with Gasteiger partial charge in [0, 0.05) is 47.7 Å². The lowest BCUT2D eigenvalue weighted by Crippen LogP contribution is -2.27. The molecular weight excluding hydrogens is 421 g/mol. The fourth-order valence-corrected chi connectivity index (χ4v) is 3.76. The first-order chi connectivity index (χ1) is 16.2. The Morgan fingerprint density at radius 2 is 2.03 bits per heavy atom. The highest BCUT2D eigenvalue weighted by atomic mass is 19.1. The molecule has 1 saturated carbocycles. The van der Waals surface area contributed by atoms with E-state index in [1.807, 2.05) is 12.1 Å². The van der Waals surface area contributed by atoms with Crippen LogP contribution in [0, 0.1) is 11.7 Å². The van der Waals surface area contributed by atoms with Crippen LogP contribution in [0.25, 0.3) is 0 Å². The summed E-state index contributed by atoms with van der Waals surface area (Å²) >= 11 is 0. The van der Waals surface area contributed by atoms with Gasteiger partial charge in [0.2, 0.25) is 0 Å². The summed E-state index contributed by atoms with van der Waals surface area (Å²) in [7, 11) is 0. The Balaban J connectivity index is 1.30. The molecule has 2 heterocycles. The number of amidine groups is 1. The second-order valence-corrected chi connectivity index (χ2v) is 8.44. The summed E-state index contributed by atoms with van der Waals surface area (Å²) in [5, 5.41) is 6.27. The largest absolute Gasteiger partial charge is 0.352 e. The third kappa shape index (κ3) is 5.28. The molecule has 1 fully saturated rings. The van der Waals surface area contributed by atoms with E-state index in [2.05, 4.69) is 20.6 Å². The lowest BCUT2D eigenvalue weighted by molar-refractivity contribution is 0.0511. The number of aliphatic imine (C=N–C) groups is 1. The first kappa shape index (κ1) is 21.3. The molecule has 3 aromatic rings. The zero-order valence-electron chi connectivity index (χ0n) is 18.2. The number of aromatic amines is 1. The van der Waals surface area contributed by atoms with Gasteiger partial charge in [0.1, 0.15) is 17.5 Å². The lowest BCUT2D eigenvalue weighted by atomic mass is 10.0. The van der Waals surface area contributed by atoms with E-state index < -0.39 is 6.23 Å². The molecule has 7 nitrogen and oxygen atoms in total. The third-order valence-electron chi connectivity index (χ3n) is 5.82. The lowest BCUT2D eigenvalue weighted by Gasteiger charge is -2.26. The molecule has 1 unspecified atom stereocenters. The number of hydrogen-bond acceptors (Lipinski definition) is 5. The van der Waals surface area contributed by atoms with Crippen molar-refractivity contribution in [2.45, 2.75) is 31.9 Å². The molecule has 1 atom stereocenters. The Labute approximate surface area is 191 Å². The zero-order valence-corrected chi connectivity index (χ0v) is 18.2. The van der Waals surface area contributed by atoms with Crippen LogP contribution in [0.2, 0.25) is 0 Å². The Morgan fingerprint density at radius 1 is 1.18 bits per heavy atom. The van der Waals surface area contributed by atoms with Crippen molar-refractivity contribution >= 4 is 17.4 Å². The van der Waals surface area contributed by atoms with E-state index in [0.717, 1.165) is 35.5 Å². The van der Waals surface area contributed by atoms with Crippen LogP contribution in [0.15, 0.2) is 59.9 Å². The Bertz CT molecular complexity index is 1140. The minimum atomic E-state index is -0.465. The maximum absolute atomic E-state index is 13.4. The number of anilines is 1. The highest BCUT2D eigenvalue weighted by Gasteiger charge is 2.28. The maximum atomic E-state index is 13.4. The molecule has 1 amide bonds. The summed E-state index contributed by atoms with van der Waals surface area (Å²) in [6, 6.07) is 11.7. The number of H-pyrrole nitrogens is 1. The van der Waals surface area contributed by atoms with Crippen molar-refractivity contribution in [2.75, 3.05) is 18.5 Å². The summed E-state index contributed by atoms with van der Waals surface area (Å²) in [6.07, 6.45) is 6.99. The van der Waals surface area contributed by atoms with Gasteiger partial charge in [-0.3, -0.25) is 4.79 Å². The number of nitrogens with zero attached hydrogens (tertiary/aromatic N) is 2. The topological polar surface area (TPSA) is 91.4 Å². The van der Waals surface area contributed by atoms with Crippen molar-refractivity contribution in [2.24, 2.45) is 10.9 Å². The average Bonchev–Trinajstić information content (AvgIpc) is 3.52. The van der Waals surface area contributed by atoms with Crippen LogP contribution in [0.3, 0.4) is 0 Å². The summed E-state index contributed by atoms with van der Waals surface area (Å²) in [5.41, 5.74) is 2.97. The number of aromatic nitrogens is 2. The minimum absolute atomic E-state index is 0.139. The van der Waals surface area contributed by atoms with Gasteiger partial charge in [0.15, 0.2) is 6.23 Å². The SMILES string of the molecule is O=C(NCCCc1ncc[nH]1)c1ccc2c(c1)NC(c1ccc(F)cc1)=NC2OCC1CC1. The number of carbonyl (C=O) groups excluding carboxylic acids is 1. The van der Waals surface area contributed by atoms with E-state index in [1.54, 1.807) is 30.6 Å². The molecule has 3 N–H and O–H groups in total. The van der Waals surface area contributed by atoms with Gasteiger partial charge in [-0.15, -0.1) is 0 Å². The monoisotopic (exact) mass is 447 g/mol. The molecule has 0 bridgehead atoms. The Morgan fingerprint density at radius 3 is 2.79 bits per heavy atom. The highest BCUT2D eigenvalue weighted by Crippen LogP contribution is 2.36. The number of aryl methyl sites for hydroxylation is 1. The standard InChI is InChI=1S/C25H26FN5O2/c26-19-8-5-17(6-9-19)23-30-21-14-18(24(32)29-11-1-2-22-27-12-13-28-22)7-10-20(21)25(31-23)33-15-16-3-4-16/h5-10,12-14,16,25H,1-4,11,15H2,(H,27,28)(H,29,32)(H,30,31). The normalized spacial score (nSPS) is 17.1. The van der Waals surface area contributed by atoms with E-state index >= 15 is 0 Å². The fourth-order valence-electron chi connectivity index (χ4n) is 3.76. The average molecular weight is 448 g/mol. The molecule has 5 rings (SSSR count). The zero-order chi connectivity index (χ0) is 22.6. The number of benzene rings is 2. The van der Waals surface area contributed by atoms with Crippen LogP contribution in [0.4, 0.5) is 10.1 Å². The van der Waals surface area contributed by atoms with Crippen LogP contribution in [0.5, 0.6) is 0 Å². The molecule has 0 saturated heterocycles. The third-order valence-corrected chi connectivity index (χ3v) is 5.82. The van der Waals surface area contributed by atoms with E-state index in [1.165, 1.54) is 25.0 Å². The van der Waals surface area contributed by atoms with Gasteiger partial charge < -0.3 is 20.4 Å². The number of nitrogens with one attached hydrogen (secondary N) is 3. The van der Waals surface area contributed by atoms with Crippen molar-refractivity contribution in [3.63, 3.8) is 0 Å². The van der Waals surface area contributed by atoms with E-state index in [4.69, 9.17) is 9.73 Å². The first-order valence-corrected chi connectivity index (χ1v) is 11.3. The smallest absolute Gasteiger partial charge is 0.251 e. The number of ether oxygens (including phenoxy) is 1.